The Balaban J connectivity index is 2.70. The van der Waals surface area contributed by atoms with Crippen LogP contribution in [0.15, 0.2) is 29.2 Å². The van der Waals surface area contributed by atoms with Crippen LogP contribution in [0.2, 0.25) is 0 Å². The van der Waals surface area contributed by atoms with Crippen molar-refractivity contribution in [2.75, 3.05) is 0 Å². The van der Waals surface area contributed by atoms with Crippen molar-refractivity contribution in [2.45, 2.75) is 0 Å². The molecule has 2 aromatic rings. The van der Waals surface area contributed by atoms with Gasteiger partial charge in [0.25, 0.3) is 0 Å². The molecule has 5 nitrogen and oxygen atoms in total. The van der Waals surface area contributed by atoms with Gasteiger partial charge in [-0.05, 0) is 18.2 Å². The number of pyridine rings is 1. The topological polar surface area (TPSA) is 93.9 Å². The summed E-state index contributed by atoms with van der Waals surface area (Å²) in [6, 6.07) is 6.33. The monoisotopic (exact) mass is 238 g/mol. The molecule has 1 heterocycles. The van der Waals surface area contributed by atoms with Crippen LogP contribution in [0.25, 0.3) is 10.9 Å². The Morgan fingerprint density at radius 1 is 1.39 bits per heavy atom. The molecule has 0 unspecified atom stereocenters. The first-order valence-corrected chi connectivity index (χ1v) is 4.92. The minimum Gasteiger partial charge on any atom is -0.477 e. The Morgan fingerprint density at radius 2 is 2.17 bits per heavy atom. The molecule has 0 fully saturated rings. The molecule has 0 radical (unpaired) electrons. The van der Waals surface area contributed by atoms with Crippen LogP contribution < -0.4 is 5.43 Å². The van der Waals surface area contributed by atoms with Crippen LogP contribution in [0.3, 0.4) is 0 Å². The highest BCUT2D eigenvalue weighted by Gasteiger charge is 2.11. The highest BCUT2D eigenvalue weighted by Crippen LogP contribution is 2.10. The van der Waals surface area contributed by atoms with Crippen molar-refractivity contribution in [3.63, 3.8) is 0 Å². The molecular weight excluding hydrogens is 232 g/mol. The van der Waals surface area contributed by atoms with E-state index in [0.717, 1.165) is 6.20 Å². The van der Waals surface area contributed by atoms with E-state index >= 15 is 0 Å². The molecule has 0 spiro atoms. The first-order chi connectivity index (χ1) is 8.63. The summed E-state index contributed by atoms with van der Waals surface area (Å²) in [7, 11) is 0. The highest BCUT2D eigenvalue weighted by molar-refractivity contribution is 5.92. The fourth-order valence-electron chi connectivity index (χ4n) is 1.56. The van der Waals surface area contributed by atoms with E-state index in [2.05, 4.69) is 16.8 Å². The van der Waals surface area contributed by atoms with Crippen LogP contribution >= 0.6 is 0 Å². The van der Waals surface area contributed by atoms with Gasteiger partial charge >= 0.3 is 5.97 Å². The lowest BCUT2D eigenvalue weighted by Gasteiger charge is -2.00. The van der Waals surface area contributed by atoms with Crippen LogP contribution in [0, 0.1) is 23.2 Å². The first-order valence-electron chi connectivity index (χ1n) is 4.92. The van der Waals surface area contributed by atoms with E-state index in [1.165, 1.54) is 6.07 Å². The molecule has 2 rings (SSSR count). The highest BCUT2D eigenvalue weighted by atomic mass is 16.4. The number of aromatic carboxylic acids is 1. The standard InChI is InChI=1S/C13H6N2O3/c14-5-1-2-8-3-4-9-11(6-8)15-7-10(12(9)16)13(17)18/h3-4,6-7H,(H,15,16)(H,17,18). The van der Waals surface area contributed by atoms with E-state index in [1.807, 2.05) is 0 Å². The van der Waals surface area contributed by atoms with E-state index < -0.39 is 11.4 Å². The van der Waals surface area contributed by atoms with Gasteiger partial charge in [-0.25, -0.2) is 4.79 Å². The number of nitrogens with zero attached hydrogens (tertiary/aromatic N) is 1. The fraction of sp³-hybridized carbons (Fsp3) is 0. The largest absolute Gasteiger partial charge is 0.477 e. The van der Waals surface area contributed by atoms with Crippen LogP contribution in [-0.2, 0) is 0 Å². The lowest BCUT2D eigenvalue weighted by molar-refractivity contribution is 0.0695. The summed E-state index contributed by atoms with van der Waals surface area (Å²) in [5.74, 6) is 3.56. The predicted molar refractivity (Wildman–Crippen MR) is 64.0 cm³/mol. The van der Waals surface area contributed by atoms with Crippen molar-refractivity contribution in [1.29, 1.82) is 5.26 Å². The third-order valence-corrected chi connectivity index (χ3v) is 2.37. The maximum Gasteiger partial charge on any atom is 0.341 e. The van der Waals surface area contributed by atoms with Crippen LogP contribution in [0.1, 0.15) is 15.9 Å². The van der Waals surface area contributed by atoms with Gasteiger partial charge in [0, 0.05) is 23.1 Å². The second kappa shape index (κ2) is 4.44. The van der Waals surface area contributed by atoms with Gasteiger partial charge in [0.2, 0.25) is 5.43 Å². The minimum absolute atomic E-state index is 0.275. The molecular formula is C13H6N2O3. The van der Waals surface area contributed by atoms with Gasteiger partial charge in [0.05, 0.1) is 5.52 Å². The summed E-state index contributed by atoms with van der Waals surface area (Å²) >= 11 is 0. The minimum atomic E-state index is -1.27. The summed E-state index contributed by atoms with van der Waals surface area (Å²) in [6.45, 7) is 0. The molecule has 86 valence electrons. The lowest BCUT2D eigenvalue weighted by atomic mass is 10.1. The SMILES string of the molecule is N#CC#Cc1ccc2c(=O)c(C(=O)O)c[nH]c2c1. The summed E-state index contributed by atoms with van der Waals surface area (Å²) in [4.78, 5) is 25.3. The van der Waals surface area contributed by atoms with Crippen molar-refractivity contribution in [3.05, 3.63) is 45.7 Å². The normalized spacial score (nSPS) is 9.28. The van der Waals surface area contributed by atoms with Crippen molar-refractivity contribution >= 4 is 16.9 Å². The molecule has 0 saturated heterocycles. The summed E-state index contributed by atoms with van der Waals surface area (Å²) < 4.78 is 0. The number of hydrogen-bond acceptors (Lipinski definition) is 3. The number of fused-ring (bicyclic) bond motifs is 1. The van der Waals surface area contributed by atoms with Crippen molar-refractivity contribution in [1.82, 2.24) is 4.98 Å². The number of rotatable bonds is 1. The zero-order valence-electron chi connectivity index (χ0n) is 9.02. The van der Waals surface area contributed by atoms with Crippen molar-refractivity contribution < 1.29 is 9.90 Å². The van der Waals surface area contributed by atoms with Gasteiger partial charge in [-0.15, -0.1) is 0 Å². The molecule has 0 aliphatic rings. The molecule has 0 aliphatic heterocycles. The zero-order chi connectivity index (χ0) is 13.1. The van der Waals surface area contributed by atoms with E-state index in [0.29, 0.717) is 11.1 Å². The molecule has 0 amide bonds. The number of aromatic nitrogens is 1. The Labute approximate surface area is 101 Å². The molecule has 0 saturated carbocycles. The van der Waals surface area contributed by atoms with Crippen molar-refractivity contribution in [3.8, 4) is 17.9 Å². The summed E-state index contributed by atoms with van der Waals surface area (Å²) in [6.07, 6.45) is 1.15. The average Bonchev–Trinajstić information content (AvgIpc) is 2.36. The van der Waals surface area contributed by atoms with Crippen LogP contribution in [0.4, 0.5) is 0 Å². The molecule has 1 aromatic heterocycles. The Hall–Kier alpha value is -3.05. The predicted octanol–water partition coefficient (Wildman–Crippen LogP) is 1.10. The maximum atomic E-state index is 11.8. The zero-order valence-corrected chi connectivity index (χ0v) is 9.02. The second-order valence-corrected chi connectivity index (χ2v) is 3.46. The van der Waals surface area contributed by atoms with Crippen LogP contribution in [0.5, 0.6) is 0 Å². The summed E-state index contributed by atoms with van der Waals surface area (Å²) in [5, 5.41) is 17.4. The average molecular weight is 238 g/mol. The van der Waals surface area contributed by atoms with Crippen molar-refractivity contribution in [2.24, 2.45) is 0 Å². The van der Waals surface area contributed by atoms with E-state index in [1.54, 1.807) is 18.2 Å². The number of benzene rings is 1. The molecule has 2 N–H and O–H groups in total. The summed E-state index contributed by atoms with van der Waals surface area (Å²) in [5.41, 5.74) is 0.201. The smallest absolute Gasteiger partial charge is 0.341 e. The van der Waals surface area contributed by atoms with Gasteiger partial charge in [-0.3, -0.25) is 4.79 Å². The van der Waals surface area contributed by atoms with Gasteiger partial charge in [-0.1, -0.05) is 5.92 Å². The third kappa shape index (κ3) is 1.93. The maximum absolute atomic E-state index is 11.8. The Bertz CT molecular complexity index is 801. The molecule has 0 atom stereocenters. The first kappa shape index (κ1) is 11.4. The van der Waals surface area contributed by atoms with Gasteiger partial charge in [0.15, 0.2) is 6.07 Å². The van der Waals surface area contributed by atoms with Gasteiger partial charge in [-0.2, -0.15) is 5.26 Å². The number of nitrogens with one attached hydrogen (secondary N) is 1. The number of hydrogen-bond donors (Lipinski definition) is 2. The quantitative estimate of drug-likeness (QED) is 0.727. The number of carbonyl (C=O) groups is 1. The number of H-pyrrole nitrogens is 1. The van der Waals surface area contributed by atoms with Crippen LogP contribution in [-0.4, -0.2) is 16.1 Å². The van der Waals surface area contributed by atoms with E-state index in [9.17, 15) is 9.59 Å². The Kier molecular flexibility index (Phi) is 2.82. The Morgan fingerprint density at radius 3 is 2.83 bits per heavy atom. The van der Waals surface area contributed by atoms with E-state index in [-0.39, 0.29) is 10.9 Å². The fourth-order valence-corrected chi connectivity index (χ4v) is 1.56. The molecule has 5 heteroatoms. The lowest BCUT2D eigenvalue weighted by Crippen LogP contribution is -2.15. The number of nitriles is 1. The molecule has 0 aliphatic carbocycles. The number of aromatic amines is 1. The molecule has 18 heavy (non-hydrogen) atoms. The molecule has 0 bridgehead atoms. The third-order valence-electron chi connectivity index (χ3n) is 2.37. The molecule has 1 aromatic carbocycles. The van der Waals surface area contributed by atoms with E-state index in [4.69, 9.17) is 10.4 Å². The number of carboxylic acids is 1. The number of carboxylic acid groups (broad SMARTS) is 1. The van der Waals surface area contributed by atoms with Gasteiger partial charge < -0.3 is 10.1 Å². The second-order valence-electron chi connectivity index (χ2n) is 3.46. The van der Waals surface area contributed by atoms with Gasteiger partial charge in [0.1, 0.15) is 5.56 Å².